The Morgan fingerprint density at radius 2 is 1.05 bits per heavy atom. The third kappa shape index (κ3) is 5.42. The average molecular weight is 810 g/mol. The molecule has 3 aromatic heterocycles. The Kier molecular flexibility index (Phi) is 7.74. The van der Waals surface area contributed by atoms with Crippen molar-refractivity contribution >= 4 is 103 Å². The highest BCUT2D eigenvalue weighted by Gasteiger charge is 2.21. The van der Waals surface area contributed by atoms with E-state index in [1.807, 2.05) is 29.5 Å². The van der Waals surface area contributed by atoms with Crippen LogP contribution in [-0.4, -0.2) is 9.55 Å². The number of aromatic nitrogens is 2. The van der Waals surface area contributed by atoms with Crippen LogP contribution in [-0.2, 0) is 0 Å². The summed E-state index contributed by atoms with van der Waals surface area (Å²) in [5.41, 5.74) is 11.4. The largest absolute Gasteiger partial charge is 0.435 e. The molecule has 0 radical (unpaired) electrons. The minimum atomic E-state index is 0.616. The zero-order chi connectivity index (χ0) is 40.7. The third-order valence-electron chi connectivity index (χ3n) is 12.4. The molecule has 3 heterocycles. The van der Waals surface area contributed by atoms with Crippen LogP contribution in [0.2, 0.25) is 0 Å². The number of hydrogen-bond donors (Lipinski definition) is 0. The predicted molar refractivity (Wildman–Crippen MR) is 262 cm³/mol. The standard InChI is InChI=1S/C57H35N3OS/c1-3-14-38(15-4-1)57-58-55-49(35-50-43-18-8-7-13-36(43)25-30-48(50)56(55)61-57)37-23-26-40(27-24-37)59(42-29-32-47-46-20-10-12-22-53(46)62-54(47)34-42)41-28-31-45-44-19-9-11-21-51(44)60(52(45)33-41)39-16-5-2-6-17-39/h1-35H. The maximum atomic E-state index is 6.69. The maximum absolute atomic E-state index is 6.69. The van der Waals surface area contributed by atoms with E-state index in [0.717, 1.165) is 66.8 Å². The smallest absolute Gasteiger partial charge is 0.227 e. The number of anilines is 3. The van der Waals surface area contributed by atoms with E-state index in [-0.39, 0.29) is 0 Å². The first-order valence-corrected chi connectivity index (χ1v) is 21.8. The molecule has 290 valence electrons. The van der Waals surface area contributed by atoms with E-state index < -0.39 is 0 Å². The Balaban J connectivity index is 1.02. The zero-order valence-corrected chi connectivity index (χ0v) is 34.2. The molecule has 13 aromatic rings. The summed E-state index contributed by atoms with van der Waals surface area (Å²) in [4.78, 5) is 7.59. The molecule has 5 heteroatoms. The molecular weight excluding hydrogens is 775 g/mol. The van der Waals surface area contributed by atoms with Crippen molar-refractivity contribution in [1.29, 1.82) is 0 Å². The molecule has 4 nitrogen and oxygen atoms in total. The van der Waals surface area contributed by atoms with Gasteiger partial charge in [0.05, 0.1) is 11.0 Å². The number of benzene rings is 10. The van der Waals surface area contributed by atoms with Gasteiger partial charge in [-0.05, 0) is 107 Å². The second-order valence-electron chi connectivity index (χ2n) is 15.9. The van der Waals surface area contributed by atoms with E-state index >= 15 is 0 Å². The molecule has 0 N–H and O–H groups in total. The van der Waals surface area contributed by atoms with Gasteiger partial charge >= 0.3 is 0 Å². The van der Waals surface area contributed by atoms with Gasteiger partial charge in [0.15, 0.2) is 5.58 Å². The van der Waals surface area contributed by atoms with Crippen molar-refractivity contribution < 1.29 is 4.42 Å². The molecule has 0 amide bonds. The van der Waals surface area contributed by atoms with Gasteiger partial charge in [0, 0.05) is 70.2 Å². The lowest BCUT2D eigenvalue weighted by Crippen LogP contribution is -2.10. The summed E-state index contributed by atoms with van der Waals surface area (Å²) in [6, 6.07) is 76.3. The van der Waals surface area contributed by atoms with Crippen LogP contribution in [0, 0.1) is 0 Å². The van der Waals surface area contributed by atoms with Crippen molar-refractivity contribution in [3.63, 3.8) is 0 Å². The van der Waals surface area contributed by atoms with Gasteiger partial charge in [-0.1, -0.05) is 127 Å². The predicted octanol–water partition coefficient (Wildman–Crippen LogP) is 16.4. The Morgan fingerprint density at radius 1 is 0.419 bits per heavy atom. The van der Waals surface area contributed by atoms with Crippen LogP contribution in [0.1, 0.15) is 0 Å². The van der Waals surface area contributed by atoms with Gasteiger partial charge in [0.25, 0.3) is 0 Å². The van der Waals surface area contributed by atoms with E-state index in [4.69, 9.17) is 9.40 Å². The number of hydrogen-bond acceptors (Lipinski definition) is 4. The molecule has 0 bridgehead atoms. The van der Waals surface area contributed by atoms with Gasteiger partial charge in [-0.25, -0.2) is 4.98 Å². The van der Waals surface area contributed by atoms with E-state index in [2.05, 4.69) is 204 Å². The van der Waals surface area contributed by atoms with Crippen LogP contribution in [0.4, 0.5) is 17.1 Å². The number of oxazole rings is 1. The van der Waals surface area contributed by atoms with Crippen molar-refractivity contribution in [1.82, 2.24) is 9.55 Å². The molecule has 10 aromatic carbocycles. The monoisotopic (exact) mass is 809 g/mol. The Hall–Kier alpha value is -7.99. The molecule has 0 atom stereocenters. The summed E-state index contributed by atoms with van der Waals surface area (Å²) < 4.78 is 11.6. The van der Waals surface area contributed by atoms with Gasteiger partial charge in [0.2, 0.25) is 5.89 Å². The van der Waals surface area contributed by atoms with E-state index in [9.17, 15) is 0 Å². The lowest BCUT2D eigenvalue weighted by atomic mass is 9.95. The van der Waals surface area contributed by atoms with Gasteiger partial charge in [0.1, 0.15) is 5.52 Å². The second-order valence-corrected chi connectivity index (χ2v) is 17.0. The minimum absolute atomic E-state index is 0.616. The van der Waals surface area contributed by atoms with Crippen LogP contribution in [0.5, 0.6) is 0 Å². The molecule has 0 aliphatic carbocycles. The van der Waals surface area contributed by atoms with Crippen molar-refractivity contribution in [3.8, 4) is 28.3 Å². The summed E-state index contributed by atoms with van der Waals surface area (Å²) in [6.45, 7) is 0. The molecule has 0 unspecified atom stereocenters. The summed E-state index contributed by atoms with van der Waals surface area (Å²) in [6.07, 6.45) is 0. The maximum Gasteiger partial charge on any atom is 0.227 e. The first-order chi connectivity index (χ1) is 30.7. The SMILES string of the molecule is c1ccc(-c2nc3c(-c4ccc(N(c5ccc6c(c5)sc5ccccc56)c5ccc6c7ccccc7n(-c7ccccc7)c6c5)cc4)cc4c5ccccc5ccc4c3o2)cc1. The fourth-order valence-electron chi connectivity index (χ4n) is 9.52. The quantitative estimate of drug-likeness (QED) is 0.157. The van der Waals surface area contributed by atoms with Crippen molar-refractivity contribution in [2.75, 3.05) is 4.90 Å². The highest BCUT2D eigenvalue weighted by molar-refractivity contribution is 7.25. The molecule has 0 spiro atoms. The fraction of sp³-hybridized carbons (Fsp3) is 0. The second kappa shape index (κ2) is 13.8. The number of nitrogens with zero attached hydrogens (tertiary/aromatic N) is 3. The van der Waals surface area contributed by atoms with E-state index in [1.165, 1.54) is 47.2 Å². The number of rotatable bonds is 6. The van der Waals surface area contributed by atoms with Crippen LogP contribution >= 0.6 is 11.3 Å². The van der Waals surface area contributed by atoms with Crippen LogP contribution in [0.25, 0.3) is 103 Å². The summed E-state index contributed by atoms with van der Waals surface area (Å²) in [5, 5.41) is 9.61. The first-order valence-electron chi connectivity index (χ1n) is 20.9. The topological polar surface area (TPSA) is 34.2 Å². The molecule has 0 aliphatic heterocycles. The van der Waals surface area contributed by atoms with Gasteiger partial charge in [-0.15, -0.1) is 11.3 Å². The number of fused-ring (bicyclic) bond motifs is 11. The Labute approximate surface area is 360 Å². The lowest BCUT2D eigenvalue weighted by Gasteiger charge is -2.26. The summed E-state index contributed by atoms with van der Waals surface area (Å²) in [5.74, 6) is 0.616. The molecule has 0 aliphatic rings. The third-order valence-corrected chi connectivity index (χ3v) is 13.5. The van der Waals surface area contributed by atoms with Gasteiger partial charge in [-0.2, -0.15) is 0 Å². The summed E-state index contributed by atoms with van der Waals surface area (Å²) >= 11 is 1.84. The first kappa shape index (κ1) is 34.8. The Morgan fingerprint density at radius 3 is 1.89 bits per heavy atom. The van der Waals surface area contributed by atoms with E-state index in [1.54, 1.807) is 0 Å². The highest BCUT2D eigenvalue weighted by atomic mass is 32.1. The van der Waals surface area contributed by atoms with Gasteiger partial charge in [-0.3, -0.25) is 0 Å². The van der Waals surface area contributed by atoms with E-state index in [0.29, 0.717) is 5.89 Å². The molecule has 62 heavy (non-hydrogen) atoms. The molecule has 0 saturated heterocycles. The minimum Gasteiger partial charge on any atom is -0.435 e. The van der Waals surface area contributed by atoms with Crippen LogP contribution in [0.15, 0.2) is 217 Å². The van der Waals surface area contributed by atoms with Crippen molar-refractivity contribution in [2.24, 2.45) is 0 Å². The van der Waals surface area contributed by atoms with Gasteiger partial charge < -0.3 is 13.9 Å². The van der Waals surface area contributed by atoms with Crippen molar-refractivity contribution in [2.45, 2.75) is 0 Å². The zero-order valence-electron chi connectivity index (χ0n) is 33.4. The molecular formula is C57H35N3OS. The van der Waals surface area contributed by atoms with Crippen molar-refractivity contribution in [3.05, 3.63) is 212 Å². The van der Waals surface area contributed by atoms with Crippen LogP contribution in [0.3, 0.4) is 0 Å². The summed E-state index contributed by atoms with van der Waals surface area (Å²) in [7, 11) is 0. The molecule has 13 rings (SSSR count). The highest BCUT2D eigenvalue weighted by Crippen LogP contribution is 2.45. The molecule has 0 saturated carbocycles. The average Bonchev–Trinajstić information content (AvgIpc) is 4.04. The number of para-hydroxylation sites is 2. The number of thiophene rings is 1. The fourth-order valence-corrected chi connectivity index (χ4v) is 10.7. The Bertz CT molecular complexity index is 3860. The normalized spacial score (nSPS) is 11.9. The molecule has 0 fully saturated rings. The lowest BCUT2D eigenvalue weighted by molar-refractivity contribution is 0.623. The van der Waals surface area contributed by atoms with Crippen LogP contribution < -0.4 is 4.90 Å².